The molecule has 1 atom stereocenters. The fourth-order valence-corrected chi connectivity index (χ4v) is 1.78. The molecule has 0 aliphatic heterocycles. The van der Waals surface area contributed by atoms with E-state index in [1.54, 1.807) is 38.5 Å². The lowest BCUT2D eigenvalue weighted by Gasteiger charge is -2.20. The van der Waals surface area contributed by atoms with Crippen LogP contribution >= 0.6 is 0 Å². The molecule has 20 heavy (non-hydrogen) atoms. The predicted octanol–water partition coefficient (Wildman–Crippen LogP) is 1.52. The van der Waals surface area contributed by atoms with Crippen molar-refractivity contribution in [3.8, 4) is 0 Å². The molecule has 0 aromatic carbocycles. The van der Waals surface area contributed by atoms with Gasteiger partial charge < -0.3 is 19.7 Å². The Morgan fingerprint density at radius 3 is 2.95 bits per heavy atom. The lowest BCUT2D eigenvalue weighted by Crippen LogP contribution is -2.36. The Labute approximate surface area is 115 Å². The number of anilines is 1. The van der Waals surface area contributed by atoms with Gasteiger partial charge in [-0.2, -0.15) is 0 Å². The average Bonchev–Trinajstić information content (AvgIpc) is 2.85. The van der Waals surface area contributed by atoms with Crippen LogP contribution in [0.2, 0.25) is 0 Å². The number of amides is 2. The molecule has 2 aromatic rings. The van der Waals surface area contributed by atoms with Crippen molar-refractivity contribution >= 4 is 23.3 Å². The number of hydrogen-bond acceptors (Lipinski definition) is 3. The second-order valence-corrected chi connectivity index (χ2v) is 4.66. The van der Waals surface area contributed by atoms with Crippen molar-refractivity contribution in [1.82, 2.24) is 14.3 Å². The highest BCUT2D eigenvalue weighted by Gasteiger charge is 2.17. The van der Waals surface area contributed by atoms with Crippen LogP contribution in [0.3, 0.4) is 0 Å². The van der Waals surface area contributed by atoms with Gasteiger partial charge in [0.25, 0.3) is 0 Å². The molecule has 2 amide bonds. The molecule has 2 N–H and O–H groups in total. The summed E-state index contributed by atoms with van der Waals surface area (Å²) in [5, 5.41) is 11.5. The number of nitrogens with zero attached hydrogens (tertiary/aromatic N) is 3. The topological polar surface area (TPSA) is 86.9 Å². The molecule has 2 heterocycles. The van der Waals surface area contributed by atoms with Crippen molar-refractivity contribution in [1.29, 1.82) is 0 Å². The van der Waals surface area contributed by atoms with E-state index in [4.69, 9.17) is 5.11 Å². The van der Waals surface area contributed by atoms with Crippen molar-refractivity contribution in [2.75, 3.05) is 18.9 Å². The number of aromatic nitrogens is 2. The number of rotatable bonds is 4. The maximum absolute atomic E-state index is 11.9. The molecule has 0 saturated carbocycles. The van der Waals surface area contributed by atoms with Crippen molar-refractivity contribution in [2.45, 2.75) is 6.92 Å². The van der Waals surface area contributed by atoms with Crippen LogP contribution in [0, 0.1) is 5.92 Å². The molecular weight excluding hydrogens is 260 g/mol. The molecule has 0 aliphatic carbocycles. The van der Waals surface area contributed by atoms with E-state index in [1.807, 2.05) is 10.6 Å². The number of carbonyl (C=O) groups excluding carboxylic acids is 1. The normalized spacial score (nSPS) is 12.1. The highest BCUT2D eigenvalue weighted by Crippen LogP contribution is 2.11. The summed E-state index contributed by atoms with van der Waals surface area (Å²) in [5.41, 5.74) is 1.34. The van der Waals surface area contributed by atoms with Crippen LogP contribution in [0.1, 0.15) is 6.92 Å². The standard InChI is InChI=1S/C13H16N4O3/c1-9(12(18)19)8-16(2)13(20)15-10-3-5-17-6-4-14-11(17)7-10/h3-7,9H,8H2,1-2H3,(H,15,20)(H,18,19). The third-order valence-corrected chi connectivity index (χ3v) is 2.97. The van der Waals surface area contributed by atoms with Crippen LogP contribution in [0.25, 0.3) is 5.65 Å². The maximum atomic E-state index is 11.9. The summed E-state index contributed by atoms with van der Waals surface area (Å²) in [4.78, 5) is 28.2. The van der Waals surface area contributed by atoms with Crippen molar-refractivity contribution < 1.29 is 14.7 Å². The van der Waals surface area contributed by atoms with Crippen LogP contribution in [-0.2, 0) is 4.79 Å². The molecule has 106 valence electrons. The minimum atomic E-state index is -0.927. The van der Waals surface area contributed by atoms with E-state index < -0.39 is 11.9 Å². The summed E-state index contributed by atoms with van der Waals surface area (Å²) < 4.78 is 1.83. The molecule has 2 rings (SSSR count). The smallest absolute Gasteiger partial charge is 0.321 e. The van der Waals surface area contributed by atoms with Crippen LogP contribution in [0.5, 0.6) is 0 Å². The molecule has 7 nitrogen and oxygen atoms in total. The minimum Gasteiger partial charge on any atom is -0.481 e. The zero-order valence-electron chi connectivity index (χ0n) is 11.3. The van der Waals surface area contributed by atoms with Crippen LogP contribution in [-0.4, -0.2) is 45.0 Å². The lowest BCUT2D eigenvalue weighted by atomic mass is 10.2. The predicted molar refractivity (Wildman–Crippen MR) is 73.6 cm³/mol. The fraction of sp³-hybridized carbons (Fsp3) is 0.308. The molecular formula is C13H16N4O3. The largest absolute Gasteiger partial charge is 0.481 e. The second kappa shape index (κ2) is 5.60. The summed E-state index contributed by atoms with van der Waals surface area (Å²) in [7, 11) is 1.56. The number of imidazole rings is 1. The van der Waals surface area contributed by atoms with Gasteiger partial charge in [-0.25, -0.2) is 9.78 Å². The van der Waals surface area contributed by atoms with Gasteiger partial charge in [0.2, 0.25) is 0 Å². The summed E-state index contributed by atoms with van der Waals surface area (Å²) in [6, 6.07) is 3.14. The highest BCUT2D eigenvalue weighted by molar-refractivity contribution is 5.89. The average molecular weight is 276 g/mol. The molecule has 1 unspecified atom stereocenters. The number of aliphatic carboxylic acids is 1. The fourth-order valence-electron chi connectivity index (χ4n) is 1.78. The first-order valence-electron chi connectivity index (χ1n) is 6.15. The van der Waals surface area contributed by atoms with Gasteiger partial charge in [-0.3, -0.25) is 4.79 Å². The Morgan fingerprint density at radius 1 is 1.50 bits per heavy atom. The Balaban J connectivity index is 2.01. The van der Waals surface area contributed by atoms with E-state index in [1.165, 1.54) is 4.90 Å². The molecule has 0 bridgehead atoms. The number of nitrogens with one attached hydrogen (secondary N) is 1. The first-order valence-corrected chi connectivity index (χ1v) is 6.15. The third kappa shape index (κ3) is 3.05. The monoisotopic (exact) mass is 276 g/mol. The van der Waals surface area contributed by atoms with Crippen molar-refractivity contribution in [2.24, 2.45) is 5.92 Å². The van der Waals surface area contributed by atoms with Gasteiger partial charge in [0, 0.05) is 43.9 Å². The Morgan fingerprint density at radius 2 is 2.25 bits per heavy atom. The van der Waals surface area contributed by atoms with Gasteiger partial charge in [-0.15, -0.1) is 0 Å². The van der Waals surface area contributed by atoms with E-state index in [0.717, 1.165) is 5.65 Å². The summed E-state index contributed by atoms with van der Waals surface area (Å²) >= 11 is 0. The molecule has 0 radical (unpaired) electrons. The van der Waals surface area contributed by atoms with E-state index in [0.29, 0.717) is 5.69 Å². The zero-order chi connectivity index (χ0) is 14.7. The van der Waals surface area contributed by atoms with Gasteiger partial charge in [-0.05, 0) is 6.07 Å². The Kier molecular flexibility index (Phi) is 3.88. The number of carboxylic acid groups (broad SMARTS) is 1. The SMILES string of the molecule is CC(CN(C)C(=O)Nc1ccn2ccnc2c1)C(=O)O. The van der Waals surface area contributed by atoms with Crippen LogP contribution in [0.4, 0.5) is 10.5 Å². The van der Waals surface area contributed by atoms with Crippen LogP contribution in [0.15, 0.2) is 30.7 Å². The van der Waals surface area contributed by atoms with Crippen molar-refractivity contribution in [3.63, 3.8) is 0 Å². The molecule has 7 heteroatoms. The van der Waals surface area contributed by atoms with E-state index in [9.17, 15) is 9.59 Å². The number of carbonyl (C=O) groups is 2. The molecule has 0 aliphatic rings. The number of hydrogen-bond donors (Lipinski definition) is 2. The van der Waals surface area contributed by atoms with Gasteiger partial charge >= 0.3 is 12.0 Å². The summed E-state index contributed by atoms with van der Waals surface area (Å²) in [5.74, 6) is -1.54. The van der Waals surface area contributed by atoms with E-state index >= 15 is 0 Å². The van der Waals surface area contributed by atoms with Gasteiger partial charge in [0.1, 0.15) is 5.65 Å². The molecule has 0 fully saturated rings. The first-order chi connectivity index (χ1) is 9.47. The lowest BCUT2D eigenvalue weighted by molar-refractivity contribution is -0.141. The summed E-state index contributed by atoms with van der Waals surface area (Å²) in [6.45, 7) is 1.70. The van der Waals surface area contributed by atoms with Crippen LogP contribution < -0.4 is 5.32 Å². The maximum Gasteiger partial charge on any atom is 0.321 e. The van der Waals surface area contributed by atoms with Crippen molar-refractivity contribution in [3.05, 3.63) is 30.7 Å². The highest BCUT2D eigenvalue weighted by atomic mass is 16.4. The minimum absolute atomic E-state index is 0.146. The molecule has 2 aromatic heterocycles. The Hall–Kier alpha value is -2.57. The van der Waals surface area contributed by atoms with Gasteiger partial charge in [0.05, 0.1) is 5.92 Å². The zero-order valence-corrected chi connectivity index (χ0v) is 11.3. The first kappa shape index (κ1) is 13.9. The number of carboxylic acids is 1. The van der Waals surface area contributed by atoms with E-state index in [2.05, 4.69) is 10.3 Å². The number of pyridine rings is 1. The Bertz CT molecular complexity index is 637. The second-order valence-electron chi connectivity index (χ2n) is 4.66. The number of fused-ring (bicyclic) bond motifs is 1. The quantitative estimate of drug-likeness (QED) is 0.886. The van der Waals surface area contributed by atoms with E-state index in [-0.39, 0.29) is 12.6 Å². The van der Waals surface area contributed by atoms with Gasteiger partial charge in [0.15, 0.2) is 0 Å². The molecule has 0 spiro atoms. The summed E-state index contributed by atoms with van der Waals surface area (Å²) in [6.07, 6.45) is 5.26. The van der Waals surface area contributed by atoms with Gasteiger partial charge in [-0.1, -0.05) is 6.92 Å². The third-order valence-electron chi connectivity index (χ3n) is 2.97. The number of urea groups is 1. The molecule has 0 saturated heterocycles.